The van der Waals surface area contributed by atoms with E-state index in [4.69, 9.17) is 0 Å². The van der Waals surface area contributed by atoms with Gasteiger partial charge in [-0.3, -0.25) is 4.68 Å². The maximum atomic E-state index is 10.2. The van der Waals surface area contributed by atoms with E-state index in [9.17, 15) is 5.11 Å². The molecule has 1 atom stereocenters. The van der Waals surface area contributed by atoms with Crippen molar-refractivity contribution in [2.75, 3.05) is 0 Å². The van der Waals surface area contributed by atoms with Crippen LogP contribution < -0.4 is 0 Å². The van der Waals surface area contributed by atoms with Crippen LogP contribution in [0, 0.1) is 0 Å². The van der Waals surface area contributed by atoms with E-state index < -0.39 is 6.10 Å². The molecule has 2 aromatic heterocycles. The van der Waals surface area contributed by atoms with Crippen LogP contribution in [0.5, 0.6) is 0 Å². The van der Waals surface area contributed by atoms with Crippen LogP contribution in [0.2, 0.25) is 0 Å². The summed E-state index contributed by atoms with van der Waals surface area (Å²) in [7, 11) is 1.82. The van der Waals surface area contributed by atoms with Gasteiger partial charge in [0.15, 0.2) is 0 Å². The van der Waals surface area contributed by atoms with E-state index >= 15 is 0 Å². The zero-order valence-corrected chi connectivity index (χ0v) is 10.5. The maximum Gasteiger partial charge on any atom is 0.126 e. The number of aliphatic hydroxyl groups is 1. The minimum atomic E-state index is -0.751. The Kier molecular flexibility index (Phi) is 2.89. The minimum absolute atomic E-state index is 0.620. The van der Waals surface area contributed by atoms with E-state index in [-0.39, 0.29) is 0 Å². The average molecular weight is 254 g/mol. The van der Waals surface area contributed by atoms with Crippen molar-refractivity contribution < 1.29 is 5.11 Å². The predicted octanol–water partition coefficient (Wildman–Crippen LogP) is 1.69. The number of benzene rings is 1. The summed E-state index contributed by atoms with van der Waals surface area (Å²) in [5.74, 6) is 0. The highest BCUT2D eigenvalue weighted by Gasteiger charge is 2.15. The molecule has 3 aromatic rings. The first-order valence-corrected chi connectivity index (χ1v) is 6.01. The van der Waals surface area contributed by atoms with Gasteiger partial charge in [-0.05, 0) is 18.2 Å². The summed E-state index contributed by atoms with van der Waals surface area (Å²) in [5, 5.41) is 18.7. The number of aryl methyl sites for hydroxylation is 1. The summed E-state index contributed by atoms with van der Waals surface area (Å²) in [6.07, 6.45) is 4.53. The van der Waals surface area contributed by atoms with Gasteiger partial charge >= 0.3 is 0 Å². The molecule has 0 radical (unpaired) electrons. The summed E-state index contributed by atoms with van der Waals surface area (Å²) in [6, 6.07) is 11.6. The molecule has 1 N–H and O–H groups in total. The fourth-order valence-corrected chi connectivity index (χ4v) is 1.95. The Hall–Kier alpha value is -2.40. The molecule has 0 bridgehead atoms. The van der Waals surface area contributed by atoms with Gasteiger partial charge in [0.1, 0.15) is 6.10 Å². The van der Waals surface area contributed by atoms with Crippen LogP contribution in [0.1, 0.15) is 17.4 Å². The van der Waals surface area contributed by atoms with Crippen molar-refractivity contribution in [3.05, 3.63) is 66.2 Å². The Bertz CT molecular complexity index is 672. The number of nitrogens with zero attached hydrogens (tertiary/aromatic N) is 4. The SMILES string of the molecule is Cn1ccc(C(O)c2cnn(-c3ccccc3)c2)n1. The van der Waals surface area contributed by atoms with Gasteiger partial charge in [-0.15, -0.1) is 0 Å². The van der Waals surface area contributed by atoms with Gasteiger partial charge in [-0.1, -0.05) is 18.2 Å². The van der Waals surface area contributed by atoms with Gasteiger partial charge < -0.3 is 5.11 Å². The first-order valence-electron chi connectivity index (χ1n) is 6.01. The Morgan fingerprint density at radius 2 is 1.95 bits per heavy atom. The van der Waals surface area contributed by atoms with Crippen LogP contribution in [0.3, 0.4) is 0 Å². The van der Waals surface area contributed by atoms with Gasteiger partial charge in [0.05, 0.1) is 17.6 Å². The van der Waals surface area contributed by atoms with E-state index in [0.717, 1.165) is 11.3 Å². The van der Waals surface area contributed by atoms with Gasteiger partial charge in [0, 0.05) is 25.0 Å². The normalized spacial score (nSPS) is 12.5. The highest BCUT2D eigenvalue weighted by atomic mass is 16.3. The number of aliphatic hydroxyl groups excluding tert-OH is 1. The molecule has 1 aromatic carbocycles. The molecule has 96 valence electrons. The largest absolute Gasteiger partial charge is 0.382 e. The van der Waals surface area contributed by atoms with Crippen molar-refractivity contribution in [1.29, 1.82) is 0 Å². The molecule has 0 amide bonds. The molecule has 0 saturated carbocycles. The first kappa shape index (κ1) is 11.7. The minimum Gasteiger partial charge on any atom is -0.382 e. The van der Waals surface area contributed by atoms with Crippen LogP contribution in [0.4, 0.5) is 0 Å². The lowest BCUT2D eigenvalue weighted by Gasteiger charge is -2.04. The molecule has 5 heteroatoms. The smallest absolute Gasteiger partial charge is 0.126 e. The summed E-state index contributed by atoms with van der Waals surface area (Å²) < 4.78 is 3.40. The zero-order valence-electron chi connectivity index (χ0n) is 10.5. The molecule has 2 heterocycles. The zero-order chi connectivity index (χ0) is 13.2. The van der Waals surface area contributed by atoms with Crippen molar-refractivity contribution in [3.8, 4) is 5.69 Å². The number of hydrogen-bond donors (Lipinski definition) is 1. The Morgan fingerprint density at radius 3 is 2.63 bits per heavy atom. The fraction of sp³-hybridized carbons (Fsp3) is 0.143. The van der Waals surface area contributed by atoms with E-state index in [1.165, 1.54) is 0 Å². The van der Waals surface area contributed by atoms with Crippen LogP contribution in [-0.2, 0) is 7.05 Å². The van der Waals surface area contributed by atoms with Crippen molar-refractivity contribution in [1.82, 2.24) is 19.6 Å². The average Bonchev–Trinajstić information content (AvgIpc) is 3.08. The van der Waals surface area contributed by atoms with Crippen LogP contribution in [0.25, 0.3) is 5.69 Å². The van der Waals surface area contributed by atoms with Gasteiger partial charge in [0.2, 0.25) is 0 Å². The van der Waals surface area contributed by atoms with Gasteiger partial charge in [-0.2, -0.15) is 10.2 Å². The van der Waals surface area contributed by atoms with Crippen molar-refractivity contribution in [3.63, 3.8) is 0 Å². The van der Waals surface area contributed by atoms with Crippen LogP contribution in [0.15, 0.2) is 55.0 Å². The van der Waals surface area contributed by atoms with E-state index in [1.807, 2.05) is 43.6 Å². The summed E-state index contributed by atoms with van der Waals surface area (Å²) in [5.41, 5.74) is 2.31. The Morgan fingerprint density at radius 1 is 1.16 bits per heavy atom. The lowest BCUT2D eigenvalue weighted by Crippen LogP contribution is -2.01. The molecule has 0 saturated heterocycles. The highest BCUT2D eigenvalue weighted by molar-refractivity contribution is 5.32. The lowest BCUT2D eigenvalue weighted by atomic mass is 10.1. The third-order valence-corrected chi connectivity index (χ3v) is 2.95. The summed E-state index contributed by atoms with van der Waals surface area (Å²) in [6.45, 7) is 0. The molecule has 19 heavy (non-hydrogen) atoms. The highest BCUT2D eigenvalue weighted by Crippen LogP contribution is 2.20. The molecular weight excluding hydrogens is 240 g/mol. The predicted molar refractivity (Wildman–Crippen MR) is 70.8 cm³/mol. The third kappa shape index (κ3) is 2.28. The Balaban J connectivity index is 1.89. The van der Waals surface area contributed by atoms with Crippen LogP contribution >= 0.6 is 0 Å². The molecular formula is C14H14N4O. The molecule has 1 unspecified atom stereocenters. The molecule has 0 aliphatic heterocycles. The molecule has 0 spiro atoms. The maximum absolute atomic E-state index is 10.2. The number of aromatic nitrogens is 4. The monoisotopic (exact) mass is 254 g/mol. The van der Waals surface area contributed by atoms with Crippen molar-refractivity contribution in [2.24, 2.45) is 7.05 Å². The Labute approximate surface area is 110 Å². The topological polar surface area (TPSA) is 55.9 Å². The standard InChI is InChI=1S/C14H14N4O/c1-17-8-7-13(16-17)14(19)11-9-15-18(10-11)12-5-3-2-4-6-12/h2-10,14,19H,1H3. The van der Waals surface area contributed by atoms with Crippen LogP contribution in [-0.4, -0.2) is 24.7 Å². The van der Waals surface area contributed by atoms with Crippen molar-refractivity contribution in [2.45, 2.75) is 6.10 Å². The van der Waals surface area contributed by atoms with Crippen molar-refractivity contribution >= 4 is 0 Å². The molecule has 5 nitrogen and oxygen atoms in total. The number of para-hydroxylation sites is 1. The number of rotatable bonds is 3. The second-order valence-corrected chi connectivity index (χ2v) is 4.37. The molecule has 0 fully saturated rings. The van der Waals surface area contributed by atoms with E-state index in [0.29, 0.717) is 5.69 Å². The number of hydrogen-bond acceptors (Lipinski definition) is 3. The lowest BCUT2D eigenvalue weighted by molar-refractivity contribution is 0.214. The molecule has 0 aliphatic carbocycles. The summed E-state index contributed by atoms with van der Waals surface area (Å²) in [4.78, 5) is 0. The summed E-state index contributed by atoms with van der Waals surface area (Å²) >= 11 is 0. The quantitative estimate of drug-likeness (QED) is 0.773. The van der Waals surface area contributed by atoms with Gasteiger partial charge in [0.25, 0.3) is 0 Å². The van der Waals surface area contributed by atoms with E-state index in [1.54, 1.807) is 27.8 Å². The van der Waals surface area contributed by atoms with E-state index in [2.05, 4.69) is 10.2 Å². The fourth-order valence-electron chi connectivity index (χ4n) is 1.95. The molecule has 0 aliphatic rings. The molecule has 3 rings (SSSR count). The second kappa shape index (κ2) is 4.70. The first-order chi connectivity index (χ1) is 9.24. The third-order valence-electron chi connectivity index (χ3n) is 2.95. The second-order valence-electron chi connectivity index (χ2n) is 4.37. The van der Waals surface area contributed by atoms with Gasteiger partial charge in [-0.25, -0.2) is 4.68 Å².